The molecule has 0 radical (unpaired) electrons. The summed E-state index contributed by atoms with van der Waals surface area (Å²) < 4.78 is 0. The Morgan fingerprint density at radius 3 is 2.62 bits per heavy atom. The van der Waals surface area contributed by atoms with Crippen LogP contribution in [0.1, 0.15) is 40.8 Å². The second-order valence-electron chi connectivity index (χ2n) is 7.52. The van der Waals surface area contributed by atoms with Crippen LogP contribution in [0.25, 0.3) is 0 Å². The van der Waals surface area contributed by atoms with Gasteiger partial charge in [-0.3, -0.25) is 4.98 Å². The van der Waals surface area contributed by atoms with Gasteiger partial charge in [-0.05, 0) is 75.0 Å². The van der Waals surface area contributed by atoms with Crippen molar-refractivity contribution in [2.75, 3.05) is 20.1 Å². The SMILES string of the molecule is Cc1cnc2c(c1)CCc1ccccc1C2(O)C1CCN(C)CC1. The zero-order chi connectivity index (χ0) is 16.7. The van der Waals surface area contributed by atoms with Crippen molar-refractivity contribution in [1.29, 1.82) is 0 Å². The highest BCUT2D eigenvalue weighted by Gasteiger charge is 2.45. The monoisotopic (exact) mass is 322 g/mol. The summed E-state index contributed by atoms with van der Waals surface area (Å²) in [7, 11) is 2.16. The molecular formula is C21H26N2O. The molecule has 1 atom stereocenters. The van der Waals surface area contributed by atoms with Crippen molar-refractivity contribution in [2.45, 2.75) is 38.2 Å². The van der Waals surface area contributed by atoms with Crippen molar-refractivity contribution in [3.05, 3.63) is 64.5 Å². The first kappa shape index (κ1) is 15.8. The molecule has 1 N–H and O–H groups in total. The van der Waals surface area contributed by atoms with Crippen molar-refractivity contribution in [3.63, 3.8) is 0 Å². The predicted octanol–water partition coefficient (Wildman–Crippen LogP) is 3.07. The van der Waals surface area contributed by atoms with Gasteiger partial charge in [0.25, 0.3) is 0 Å². The van der Waals surface area contributed by atoms with Crippen LogP contribution >= 0.6 is 0 Å². The summed E-state index contributed by atoms with van der Waals surface area (Å²) in [6.45, 7) is 4.16. The Bertz CT molecular complexity index is 749. The zero-order valence-electron chi connectivity index (χ0n) is 14.6. The number of pyridine rings is 1. The smallest absolute Gasteiger partial charge is 0.135 e. The molecule has 1 fully saturated rings. The van der Waals surface area contributed by atoms with Gasteiger partial charge in [-0.25, -0.2) is 0 Å². The van der Waals surface area contributed by atoms with Gasteiger partial charge in [-0.2, -0.15) is 0 Å². The molecule has 0 bridgehead atoms. The van der Waals surface area contributed by atoms with Crippen molar-refractivity contribution in [1.82, 2.24) is 9.88 Å². The highest BCUT2D eigenvalue weighted by Crippen LogP contribution is 2.45. The maximum atomic E-state index is 12.1. The van der Waals surface area contributed by atoms with Crippen molar-refractivity contribution in [2.24, 2.45) is 5.92 Å². The number of fused-ring (bicyclic) bond motifs is 2. The van der Waals surface area contributed by atoms with Crippen LogP contribution in [-0.2, 0) is 18.4 Å². The van der Waals surface area contributed by atoms with E-state index in [1.165, 1.54) is 16.7 Å². The number of hydrogen-bond acceptors (Lipinski definition) is 3. The maximum Gasteiger partial charge on any atom is 0.135 e. The van der Waals surface area contributed by atoms with Crippen LogP contribution in [0, 0.1) is 12.8 Å². The maximum absolute atomic E-state index is 12.1. The van der Waals surface area contributed by atoms with Gasteiger partial charge in [0, 0.05) is 12.1 Å². The Kier molecular flexibility index (Phi) is 3.93. The number of hydrogen-bond donors (Lipinski definition) is 1. The first-order valence-electron chi connectivity index (χ1n) is 9.04. The van der Waals surface area contributed by atoms with E-state index in [0.29, 0.717) is 0 Å². The number of aliphatic hydroxyl groups is 1. The molecule has 3 heteroatoms. The largest absolute Gasteiger partial charge is 0.378 e. The molecule has 0 spiro atoms. The lowest BCUT2D eigenvalue weighted by atomic mass is 9.72. The Morgan fingerprint density at radius 1 is 1.12 bits per heavy atom. The van der Waals surface area contributed by atoms with Crippen LogP contribution in [0.5, 0.6) is 0 Å². The van der Waals surface area contributed by atoms with Crippen LogP contribution in [-0.4, -0.2) is 35.1 Å². The van der Waals surface area contributed by atoms with Gasteiger partial charge >= 0.3 is 0 Å². The van der Waals surface area contributed by atoms with Gasteiger partial charge in [0.2, 0.25) is 0 Å². The summed E-state index contributed by atoms with van der Waals surface area (Å²) in [6.07, 6.45) is 5.86. The van der Waals surface area contributed by atoms with Gasteiger partial charge < -0.3 is 10.0 Å². The fourth-order valence-electron chi connectivity index (χ4n) is 4.51. The van der Waals surface area contributed by atoms with Crippen molar-refractivity contribution in [3.8, 4) is 0 Å². The highest BCUT2D eigenvalue weighted by atomic mass is 16.3. The van der Waals surface area contributed by atoms with Crippen LogP contribution in [0.2, 0.25) is 0 Å². The molecule has 1 aromatic heterocycles. The second-order valence-corrected chi connectivity index (χ2v) is 7.52. The predicted molar refractivity (Wildman–Crippen MR) is 96.0 cm³/mol. The van der Waals surface area contributed by atoms with Crippen molar-refractivity contribution >= 4 is 0 Å². The zero-order valence-corrected chi connectivity index (χ0v) is 14.6. The molecule has 2 aliphatic rings. The Morgan fingerprint density at radius 2 is 1.83 bits per heavy atom. The number of likely N-dealkylation sites (tertiary alicyclic amines) is 1. The molecule has 1 saturated heterocycles. The number of aryl methyl sites for hydroxylation is 3. The highest BCUT2D eigenvalue weighted by molar-refractivity contribution is 5.46. The minimum atomic E-state index is -0.961. The average Bonchev–Trinajstić information content (AvgIpc) is 2.71. The van der Waals surface area contributed by atoms with Crippen LogP contribution < -0.4 is 0 Å². The first-order valence-corrected chi connectivity index (χ1v) is 9.04. The summed E-state index contributed by atoms with van der Waals surface area (Å²) >= 11 is 0. The summed E-state index contributed by atoms with van der Waals surface area (Å²) in [6, 6.07) is 10.6. The molecule has 1 aliphatic carbocycles. The summed E-state index contributed by atoms with van der Waals surface area (Å²) in [5, 5.41) is 12.1. The number of rotatable bonds is 1. The number of aromatic nitrogens is 1. The molecule has 2 aromatic rings. The fraction of sp³-hybridized carbons (Fsp3) is 0.476. The molecule has 0 amide bonds. The van der Waals surface area contributed by atoms with Crippen LogP contribution in [0.4, 0.5) is 0 Å². The minimum Gasteiger partial charge on any atom is -0.378 e. The van der Waals surface area contributed by atoms with E-state index in [4.69, 9.17) is 4.98 Å². The van der Waals surface area contributed by atoms with Gasteiger partial charge in [-0.1, -0.05) is 30.3 Å². The molecule has 1 aliphatic heterocycles. The summed E-state index contributed by atoms with van der Waals surface area (Å²) in [5.41, 5.74) is 4.67. The Balaban J connectivity index is 1.90. The molecule has 126 valence electrons. The standard InChI is InChI=1S/C21H26N2O/c1-15-13-17-8-7-16-5-3-4-6-19(16)21(24,20(17)22-14-15)18-9-11-23(2)12-10-18/h3-6,13-14,18,24H,7-12H2,1-2H3. The molecule has 3 nitrogen and oxygen atoms in total. The van der Waals surface area contributed by atoms with E-state index in [1.807, 2.05) is 6.20 Å². The summed E-state index contributed by atoms with van der Waals surface area (Å²) in [5.74, 6) is 0.224. The number of benzene rings is 1. The van der Waals surface area contributed by atoms with E-state index in [0.717, 1.165) is 50.0 Å². The topological polar surface area (TPSA) is 36.4 Å². The fourth-order valence-corrected chi connectivity index (χ4v) is 4.51. The third-order valence-corrected chi connectivity index (χ3v) is 5.87. The molecule has 1 unspecified atom stereocenters. The van der Waals surface area contributed by atoms with Gasteiger partial charge in [0.15, 0.2) is 0 Å². The lowest BCUT2D eigenvalue weighted by Crippen LogP contribution is -2.44. The number of nitrogens with zero attached hydrogens (tertiary/aromatic N) is 2. The number of piperidine rings is 1. The third-order valence-electron chi connectivity index (χ3n) is 5.87. The lowest BCUT2D eigenvalue weighted by Gasteiger charge is -2.41. The van der Waals surface area contributed by atoms with E-state index in [1.54, 1.807) is 0 Å². The van der Waals surface area contributed by atoms with E-state index in [-0.39, 0.29) is 5.92 Å². The molecule has 0 saturated carbocycles. The quantitative estimate of drug-likeness (QED) is 0.876. The second kappa shape index (κ2) is 5.98. The normalized spacial score (nSPS) is 25.0. The Labute approximate surface area is 144 Å². The van der Waals surface area contributed by atoms with Gasteiger partial charge in [-0.15, -0.1) is 0 Å². The van der Waals surface area contributed by atoms with Gasteiger partial charge in [0.05, 0.1) is 5.69 Å². The molecule has 1 aromatic carbocycles. The lowest BCUT2D eigenvalue weighted by molar-refractivity contribution is -0.0148. The van der Waals surface area contributed by atoms with Crippen LogP contribution in [0.15, 0.2) is 36.5 Å². The molecule has 2 heterocycles. The molecule has 24 heavy (non-hydrogen) atoms. The van der Waals surface area contributed by atoms with Gasteiger partial charge in [0.1, 0.15) is 5.60 Å². The molecular weight excluding hydrogens is 296 g/mol. The third kappa shape index (κ3) is 2.47. The van der Waals surface area contributed by atoms with Crippen molar-refractivity contribution < 1.29 is 5.11 Å². The van der Waals surface area contributed by atoms with E-state index in [2.05, 4.69) is 49.2 Å². The van der Waals surface area contributed by atoms with Crippen LogP contribution in [0.3, 0.4) is 0 Å². The molecule has 4 rings (SSSR count). The Hall–Kier alpha value is -1.71. The first-order chi connectivity index (χ1) is 11.6. The van der Waals surface area contributed by atoms with E-state index >= 15 is 0 Å². The minimum absolute atomic E-state index is 0.224. The van der Waals surface area contributed by atoms with E-state index < -0.39 is 5.60 Å². The van der Waals surface area contributed by atoms with E-state index in [9.17, 15) is 5.11 Å². The summed E-state index contributed by atoms with van der Waals surface area (Å²) in [4.78, 5) is 7.11. The average molecular weight is 322 g/mol.